The molecule has 5 rings (SSSR count). The SMILES string of the molecule is Cc1ccc(S(=O)(=O)OCCOCCN(C(=O)OC(C)(C)C)c2ccc3nc(-c4ccc(-c5ccc(N(C)C)nc5)cc4C(F)(F)F)sc3c2)cc1. The second-order valence-corrected chi connectivity index (χ2v) is 15.7. The highest BCUT2D eigenvalue weighted by Crippen LogP contribution is 2.42. The molecule has 0 unspecified atom stereocenters. The van der Waals surface area contributed by atoms with Gasteiger partial charge in [-0.05, 0) is 81.8 Å². The summed E-state index contributed by atoms with van der Waals surface area (Å²) in [6.07, 6.45) is -3.79. The molecule has 10 nitrogen and oxygen atoms in total. The first-order valence-corrected chi connectivity index (χ1v) is 18.4. The summed E-state index contributed by atoms with van der Waals surface area (Å²) in [5, 5.41) is 0.167. The fraction of sp³-hybridized carbons (Fsp3) is 0.324. The van der Waals surface area contributed by atoms with Gasteiger partial charge in [-0.25, -0.2) is 14.8 Å². The van der Waals surface area contributed by atoms with E-state index in [1.165, 1.54) is 29.3 Å². The topological polar surface area (TPSA) is 111 Å². The smallest absolute Gasteiger partial charge is 0.417 e. The zero-order valence-electron chi connectivity index (χ0n) is 29.5. The van der Waals surface area contributed by atoms with Crippen molar-refractivity contribution < 1.29 is 40.0 Å². The molecular weight excluding hydrogens is 718 g/mol. The zero-order chi connectivity index (χ0) is 37.8. The molecule has 0 aliphatic carbocycles. The summed E-state index contributed by atoms with van der Waals surface area (Å²) in [6, 6.07) is 18.8. The number of hydrogen-bond acceptors (Lipinski definition) is 10. The van der Waals surface area contributed by atoms with Crippen LogP contribution in [0, 0.1) is 6.92 Å². The highest BCUT2D eigenvalue weighted by molar-refractivity contribution is 7.86. The van der Waals surface area contributed by atoms with Crippen LogP contribution in [0.2, 0.25) is 0 Å². The maximum Gasteiger partial charge on any atom is 0.417 e. The fourth-order valence-electron chi connectivity index (χ4n) is 5.04. The minimum Gasteiger partial charge on any atom is -0.443 e. The maximum atomic E-state index is 14.4. The van der Waals surface area contributed by atoms with Crippen molar-refractivity contribution >= 4 is 49.3 Å². The first-order valence-electron chi connectivity index (χ1n) is 16.2. The average molecular weight is 757 g/mol. The Morgan fingerprint density at radius 2 is 1.60 bits per heavy atom. The Kier molecular flexibility index (Phi) is 11.6. The van der Waals surface area contributed by atoms with Gasteiger partial charge in [0.1, 0.15) is 16.4 Å². The van der Waals surface area contributed by atoms with Gasteiger partial charge in [-0.1, -0.05) is 29.8 Å². The predicted molar refractivity (Wildman–Crippen MR) is 196 cm³/mol. The molecule has 1 amide bonds. The number of pyridine rings is 1. The molecule has 0 saturated carbocycles. The van der Waals surface area contributed by atoms with Crippen molar-refractivity contribution in [1.29, 1.82) is 0 Å². The van der Waals surface area contributed by atoms with E-state index in [-0.39, 0.29) is 41.8 Å². The van der Waals surface area contributed by atoms with Gasteiger partial charge in [-0.2, -0.15) is 21.6 Å². The van der Waals surface area contributed by atoms with Gasteiger partial charge in [0, 0.05) is 37.1 Å². The van der Waals surface area contributed by atoms with Crippen molar-refractivity contribution in [1.82, 2.24) is 9.97 Å². The van der Waals surface area contributed by atoms with Crippen LogP contribution in [0.4, 0.5) is 29.5 Å². The minimum atomic E-state index is -4.66. The van der Waals surface area contributed by atoms with Crippen LogP contribution in [0.5, 0.6) is 0 Å². The molecule has 0 spiro atoms. The third-order valence-electron chi connectivity index (χ3n) is 7.63. The second-order valence-electron chi connectivity index (χ2n) is 13.1. The molecule has 0 aliphatic heterocycles. The van der Waals surface area contributed by atoms with E-state index in [4.69, 9.17) is 13.7 Å². The number of carbonyl (C=O) groups excluding carboxylic acids is 1. The quantitative estimate of drug-likeness (QED) is 0.0913. The van der Waals surface area contributed by atoms with Gasteiger partial charge in [0.25, 0.3) is 10.1 Å². The highest BCUT2D eigenvalue weighted by Gasteiger charge is 2.35. The number of carbonyl (C=O) groups is 1. The van der Waals surface area contributed by atoms with Gasteiger partial charge in [0.2, 0.25) is 0 Å². The molecule has 0 N–H and O–H groups in total. The second kappa shape index (κ2) is 15.6. The maximum absolute atomic E-state index is 14.4. The molecule has 3 aromatic carbocycles. The van der Waals surface area contributed by atoms with Gasteiger partial charge >= 0.3 is 12.3 Å². The van der Waals surface area contributed by atoms with E-state index >= 15 is 0 Å². The number of aryl methyl sites for hydroxylation is 1. The number of anilines is 2. The van der Waals surface area contributed by atoms with E-state index in [0.717, 1.165) is 23.0 Å². The average Bonchev–Trinajstić information content (AvgIpc) is 3.50. The van der Waals surface area contributed by atoms with Gasteiger partial charge < -0.3 is 14.4 Å². The Bertz CT molecular complexity index is 2130. The van der Waals surface area contributed by atoms with Crippen LogP contribution in [-0.4, -0.2) is 70.5 Å². The number of benzene rings is 3. The van der Waals surface area contributed by atoms with Gasteiger partial charge in [0.05, 0.1) is 47.0 Å². The van der Waals surface area contributed by atoms with Gasteiger partial charge in [0.15, 0.2) is 0 Å². The number of fused-ring (bicyclic) bond motifs is 1. The Balaban J connectivity index is 1.34. The summed E-state index contributed by atoms with van der Waals surface area (Å²) in [5.41, 5.74) is 0.976. The van der Waals surface area contributed by atoms with Gasteiger partial charge in [-0.15, -0.1) is 11.3 Å². The largest absolute Gasteiger partial charge is 0.443 e. The summed E-state index contributed by atoms with van der Waals surface area (Å²) in [6.45, 7) is 6.75. The molecule has 2 aromatic heterocycles. The summed E-state index contributed by atoms with van der Waals surface area (Å²) in [7, 11) is -0.309. The number of amides is 1. The summed E-state index contributed by atoms with van der Waals surface area (Å²) in [5.74, 6) is 0.680. The van der Waals surface area contributed by atoms with E-state index in [1.807, 2.05) is 21.0 Å². The zero-order valence-corrected chi connectivity index (χ0v) is 31.2. The molecule has 0 aliphatic rings. The number of hydrogen-bond donors (Lipinski definition) is 0. The lowest BCUT2D eigenvalue weighted by Gasteiger charge is -2.27. The summed E-state index contributed by atoms with van der Waals surface area (Å²) < 4.78 is 85.1. The Labute approximate surface area is 304 Å². The van der Waals surface area contributed by atoms with Crippen LogP contribution in [0.3, 0.4) is 0 Å². The van der Waals surface area contributed by atoms with E-state index in [0.29, 0.717) is 32.8 Å². The van der Waals surface area contributed by atoms with Crippen LogP contribution < -0.4 is 9.80 Å². The number of thiazole rings is 1. The molecule has 5 aromatic rings. The van der Waals surface area contributed by atoms with Crippen LogP contribution in [0.25, 0.3) is 31.9 Å². The lowest BCUT2D eigenvalue weighted by molar-refractivity contribution is -0.137. The first kappa shape index (κ1) is 38.7. The van der Waals surface area contributed by atoms with E-state index in [1.54, 1.807) is 74.2 Å². The molecule has 0 radical (unpaired) electrons. The third kappa shape index (κ3) is 9.64. The van der Waals surface area contributed by atoms with Crippen LogP contribution in [-0.2, 0) is 30.0 Å². The summed E-state index contributed by atoms with van der Waals surface area (Å²) in [4.78, 5) is 25.3. The predicted octanol–water partition coefficient (Wildman–Crippen LogP) is 8.58. The van der Waals surface area contributed by atoms with Crippen molar-refractivity contribution in [3.63, 3.8) is 0 Å². The van der Waals surface area contributed by atoms with E-state index in [9.17, 15) is 26.4 Å². The molecule has 2 heterocycles. The van der Waals surface area contributed by atoms with E-state index < -0.39 is 33.6 Å². The molecule has 52 heavy (non-hydrogen) atoms. The van der Waals surface area contributed by atoms with Crippen LogP contribution in [0.1, 0.15) is 31.9 Å². The highest BCUT2D eigenvalue weighted by atomic mass is 32.2. The number of aromatic nitrogens is 2. The molecule has 0 bridgehead atoms. The standard InChI is InChI=1S/C37H39F3N4O6S2/c1-24-7-12-28(13-8-24)52(46,47)49-20-19-48-18-17-44(35(45)50-36(2,3)4)27-11-15-31-32(22-27)51-34(42-31)29-14-9-25(21-30(29)37(38,39)40)26-10-16-33(41-23-26)43(5)6/h7-16,21-23H,17-20H2,1-6H3. The molecule has 0 saturated heterocycles. The van der Waals surface area contributed by atoms with Crippen molar-refractivity contribution in [2.75, 3.05) is 50.3 Å². The molecule has 15 heteroatoms. The normalized spacial score (nSPS) is 12.2. The molecule has 0 fully saturated rings. The van der Waals surface area contributed by atoms with Gasteiger partial charge in [-0.3, -0.25) is 9.08 Å². The Hall–Kier alpha value is -4.57. The molecule has 0 atom stereocenters. The van der Waals surface area contributed by atoms with Crippen molar-refractivity contribution in [2.45, 2.75) is 44.4 Å². The fourth-order valence-corrected chi connectivity index (χ4v) is 6.97. The van der Waals surface area contributed by atoms with E-state index in [2.05, 4.69) is 9.97 Å². The number of ether oxygens (including phenoxy) is 2. The van der Waals surface area contributed by atoms with Crippen LogP contribution >= 0.6 is 11.3 Å². The lowest BCUT2D eigenvalue weighted by Crippen LogP contribution is -2.39. The number of halogens is 3. The monoisotopic (exact) mass is 756 g/mol. The number of rotatable bonds is 12. The summed E-state index contributed by atoms with van der Waals surface area (Å²) >= 11 is 1.07. The molecule has 276 valence electrons. The Morgan fingerprint density at radius 1 is 0.885 bits per heavy atom. The minimum absolute atomic E-state index is 0.00778. The first-order chi connectivity index (χ1) is 24.4. The lowest BCUT2D eigenvalue weighted by atomic mass is 10.00. The Morgan fingerprint density at radius 3 is 2.23 bits per heavy atom. The number of alkyl halides is 3. The van der Waals surface area contributed by atoms with Crippen molar-refractivity contribution in [3.8, 4) is 21.7 Å². The van der Waals surface area contributed by atoms with Crippen molar-refractivity contribution in [3.05, 3.63) is 90.1 Å². The molecular formula is C37H39F3N4O6S2. The van der Waals surface area contributed by atoms with Crippen LogP contribution in [0.15, 0.2) is 83.9 Å². The number of nitrogens with zero attached hydrogens (tertiary/aromatic N) is 4. The third-order valence-corrected chi connectivity index (χ3v) is 10.0. The van der Waals surface area contributed by atoms with Crippen molar-refractivity contribution in [2.24, 2.45) is 0 Å².